The SMILES string of the molecule is CCO[C-]=O.[CH3-].[Co+2]. The Morgan fingerprint density at radius 2 is 2.14 bits per heavy atom. The molecule has 0 atom stereocenters. The molecule has 0 fully saturated rings. The third-order valence-electron chi connectivity index (χ3n) is 0.203. The summed E-state index contributed by atoms with van der Waals surface area (Å²) in [5.41, 5.74) is 0. The van der Waals surface area contributed by atoms with E-state index < -0.39 is 0 Å². The molecule has 0 aromatic rings. The van der Waals surface area contributed by atoms with E-state index in [2.05, 4.69) is 4.74 Å². The van der Waals surface area contributed by atoms with Crippen LogP contribution >= 0.6 is 0 Å². The molecule has 0 rings (SSSR count). The van der Waals surface area contributed by atoms with Crippen molar-refractivity contribution in [3.05, 3.63) is 7.43 Å². The Morgan fingerprint density at radius 3 is 2.14 bits per heavy atom. The minimum Gasteiger partial charge on any atom is -0.653 e. The van der Waals surface area contributed by atoms with Gasteiger partial charge in [0.25, 0.3) is 0 Å². The first-order valence-electron chi connectivity index (χ1n) is 1.40. The molecular formula is C4H8CoO2. The first-order chi connectivity index (χ1) is 2.41. The van der Waals surface area contributed by atoms with Crippen LogP contribution in [0.15, 0.2) is 0 Å². The summed E-state index contributed by atoms with van der Waals surface area (Å²) in [5.74, 6) is 0. The van der Waals surface area contributed by atoms with Gasteiger partial charge in [0.15, 0.2) is 0 Å². The van der Waals surface area contributed by atoms with E-state index in [0.29, 0.717) is 6.61 Å². The van der Waals surface area contributed by atoms with Crippen LogP contribution in [-0.2, 0) is 26.3 Å². The summed E-state index contributed by atoms with van der Waals surface area (Å²) in [6, 6.07) is 0. The quantitative estimate of drug-likeness (QED) is 0.532. The van der Waals surface area contributed by atoms with E-state index in [4.69, 9.17) is 4.79 Å². The second-order valence-electron chi connectivity index (χ2n) is 0.516. The fourth-order valence-corrected chi connectivity index (χ4v) is 0.0589. The Hall–Kier alpha value is -0.0235. The molecule has 0 aliphatic heterocycles. The molecule has 45 valence electrons. The molecule has 3 heteroatoms. The van der Waals surface area contributed by atoms with Gasteiger partial charge >= 0.3 is 16.8 Å². The van der Waals surface area contributed by atoms with Crippen LogP contribution in [-0.4, -0.2) is 13.1 Å². The molecular weight excluding hydrogens is 139 g/mol. The number of hydrogen-bond donors (Lipinski definition) is 0. The van der Waals surface area contributed by atoms with Crippen LogP contribution in [0.1, 0.15) is 6.92 Å². The molecule has 7 heavy (non-hydrogen) atoms. The maximum Gasteiger partial charge on any atom is 2.00 e. The van der Waals surface area contributed by atoms with Crippen molar-refractivity contribution in [3.63, 3.8) is 0 Å². The van der Waals surface area contributed by atoms with E-state index in [9.17, 15) is 0 Å². The fraction of sp³-hybridized carbons (Fsp3) is 0.500. The van der Waals surface area contributed by atoms with Crippen LogP contribution in [0.4, 0.5) is 0 Å². The number of hydrogen-bond acceptors (Lipinski definition) is 2. The Kier molecular flexibility index (Phi) is 37.6. The topological polar surface area (TPSA) is 26.3 Å². The molecule has 0 heterocycles. The summed E-state index contributed by atoms with van der Waals surface area (Å²) in [5, 5.41) is 0. The van der Waals surface area contributed by atoms with Gasteiger partial charge in [0, 0.05) is 6.61 Å². The molecule has 0 bridgehead atoms. The molecule has 0 unspecified atom stereocenters. The Bertz CT molecular complexity index is 30.9. The standard InChI is InChI=1S/C3H5O2.CH3.Co/c1-2-5-3-4;;/h2H2,1H3;1H3;/q2*-1;+2. The molecule has 0 aliphatic rings. The van der Waals surface area contributed by atoms with Crippen molar-refractivity contribution < 1.29 is 26.3 Å². The van der Waals surface area contributed by atoms with Crippen molar-refractivity contribution in [3.8, 4) is 0 Å². The number of carbonyl (C=O) groups excluding carboxylic acids is 1. The van der Waals surface area contributed by atoms with Crippen LogP contribution in [0, 0.1) is 7.43 Å². The van der Waals surface area contributed by atoms with Crippen molar-refractivity contribution in [2.45, 2.75) is 6.92 Å². The third-order valence-corrected chi connectivity index (χ3v) is 0.203. The van der Waals surface area contributed by atoms with Gasteiger partial charge in [-0.2, -0.15) is 0 Å². The van der Waals surface area contributed by atoms with E-state index in [-0.39, 0.29) is 24.2 Å². The average molecular weight is 147 g/mol. The van der Waals surface area contributed by atoms with E-state index >= 15 is 0 Å². The van der Waals surface area contributed by atoms with Crippen molar-refractivity contribution in [2.75, 3.05) is 6.61 Å². The smallest absolute Gasteiger partial charge is 0.653 e. The van der Waals surface area contributed by atoms with Crippen LogP contribution in [0.5, 0.6) is 0 Å². The fourth-order valence-electron chi connectivity index (χ4n) is 0.0589. The maximum atomic E-state index is 9.06. The Balaban J connectivity index is -0.0000000800. The van der Waals surface area contributed by atoms with Gasteiger partial charge in [-0.3, -0.25) is 0 Å². The minimum atomic E-state index is 0. The van der Waals surface area contributed by atoms with Crippen molar-refractivity contribution in [1.29, 1.82) is 0 Å². The van der Waals surface area contributed by atoms with Gasteiger partial charge in [-0.25, -0.2) is 0 Å². The monoisotopic (exact) mass is 147 g/mol. The van der Waals surface area contributed by atoms with E-state index in [1.165, 1.54) is 6.47 Å². The Labute approximate surface area is 54.4 Å². The summed E-state index contributed by atoms with van der Waals surface area (Å²) in [4.78, 5) is 9.06. The Morgan fingerprint density at radius 1 is 1.71 bits per heavy atom. The molecule has 0 spiro atoms. The van der Waals surface area contributed by atoms with Crippen LogP contribution in [0.25, 0.3) is 0 Å². The first-order valence-corrected chi connectivity index (χ1v) is 1.40. The summed E-state index contributed by atoms with van der Waals surface area (Å²) >= 11 is 0. The van der Waals surface area contributed by atoms with Crippen LogP contribution < -0.4 is 0 Å². The molecule has 0 aromatic carbocycles. The van der Waals surface area contributed by atoms with Crippen LogP contribution in [0.3, 0.4) is 0 Å². The summed E-state index contributed by atoms with van der Waals surface area (Å²) in [7, 11) is 0. The van der Waals surface area contributed by atoms with Gasteiger partial charge in [-0.05, 0) is 6.92 Å². The van der Waals surface area contributed by atoms with Gasteiger partial charge in [0.1, 0.15) is 0 Å². The summed E-state index contributed by atoms with van der Waals surface area (Å²) in [6.07, 6.45) is 0. The van der Waals surface area contributed by atoms with Gasteiger partial charge < -0.3 is 17.0 Å². The zero-order chi connectivity index (χ0) is 4.12. The minimum absolute atomic E-state index is 0. The largest absolute Gasteiger partial charge is 2.00 e. The predicted octanol–water partition coefficient (Wildman–Crippen LogP) is 0.538. The molecule has 0 aromatic heterocycles. The van der Waals surface area contributed by atoms with Crippen LogP contribution in [0.2, 0.25) is 0 Å². The first kappa shape index (κ1) is 15.8. The van der Waals surface area contributed by atoms with Crippen molar-refractivity contribution >= 4 is 6.47 Å². The molecule has 0 saturated heterocycles. The second-order valence-corrected chi connectivity index (χ2v) is 0.516. The number of rotatable bonds is 2. The van der Waals surface area contributed by atoms with Crippen molar-refractivity contribution in [1.82, 2.24) is 0 Å². The zero-order valence-electron chi connectivity index (χ0n) is 4.36. The molecule has 2 nitrogen and oxygen atoms in total. The average Bonchev–Trinajstić information content (AvgIpc) is 1.41. The molecule has 0 N–H and O–H groups in total. The molecule has 0 amide bonds. The van der Waals surface area contributed by atoms with E-state index in [0.717, 1.165) is 0 Å². The predicted molar refractivity (Wildman–Crippen MR) is 23.7 cm³/mol. The third kappa shape index (κ3) is 24.2. The van der Waals surface area contributed by atoms with Gasteiger partial charge in [0.2, 0.25) is 0 Å². The summed E-state index contributed by atoms with van der Waals surface area (Å²) < 4.78 is 4.03. The zero-order valence-corrected chi connectivity index (χ0v) is 5.40. The normalized spacial score (nSPS) is 4.71. The molecule has 0 aliphatic carbocycles. The van der Waals surface area contributed by atoms with Gasteiger partial charge in [-0.1, -0.05) is 6.47 Å². The van der Waals surface area contributed by atoms with E-state index in [1.54, 1.807) is 6.92 Å². The number of ether oxygens (including phenoxy) is 1. The van der Waals surface area contributed by atoms with Crippen molar-refractivity contribution in [2.24, 2.45) is 0 Å². The van der Waals surface area contributed by atoms with E-state index in [1.807, 2.05) is 0 Å². The maximum absolute atomic E-state index is 9.06. The van der Waals surface area contributed by atoms with Gasteiger partial charge in [0.05, 0.1) is 0 Å². The molecule has 0 saturated carbocycles. The molecule has 1 radical (unpaired) electrons. The van der Waals surface area contributed by atoms with Gasteiger partial charge in [-0.15, -0.1) is 0 Å². The summed E-state index contributed by atoms with van der Waals surface area (Å²) in [6.45, 7) is 3.41. The second kappa shape index (κ2) is 16.7.